The molecule has 6 nitrogen and oxygen atoms in total. The third-order valence-electron chi connectivity index (χ3n) is 5.61. The van der Waals surface area contributed by atoms with Crippen molar-refractivity contribution in [2.24, 2.45) is 5.41 Å². The summed E-state index contributed by atoms with van der Waals surface area (Å²) >= 11 is 0. The minimum Gasteiger partial charge on any atom is -0.459 e. The van der Waals surface area contributed by atoms with Gasteiger partial charge in [0, 0.05) is 18.7 Å². The Morgan fingerprint density at radius 1 is 1.21 bits per heavy atom. The first kappa shape index (κ1) is 18.8. The van der Waals surface area contributed by atoms with E-state index in [4.69, 9.17) is 14.2 Å². The fraction of sp³-hybridized carbons (Fsp3) is 0.545. The lowest BCUT2D eigenvalue weighted by Gasteiger charge is -2.40. The lowest BCUT2D eigenvalue weighted by atomic mass is 9.76. The van der Waals surface area contributed by atoms with Gasteiger partial charge in [-0.2, -0.15) is 0 Å². The largest absolute Gasteiger partial charge is 0.459 e. The number of carbonyl (C=O) groups is 2. The molecule has 1 aromatic carbocycles. The van der Waals surface area contributed by atoms with Gasteiger partial charge in [-0.3, -0.25) is 9.59 Å². The summed E-state index contributed by atoms with van der Waals surface area (Å²) in [7, 11) is 0. The van der Waals surface area contributed by atoms with Gasteiger partial charge in [0.15, 0.2) is 11.5 Å². The van der Waals surface area contributed by atoms with Gasteiger partial charge in [-0.15, -0.1) is 0 Å². The number of rotatable bonds is 3. The molecule has 1 saturated heterocycles. The van der Waals surface area contributed by atoms with Crippen molar-refractivity contribution in [3.63, 3.8) is 0 Å². The van der Waals surface area contributed by atoms with Crippen LogP contribution in [0, 0.1) is 5.41 Å². The molecule has 1 unspecified atom stereocenters. The van der Waals surface area contributed by atoms with Crippen LogP contribution in [0.5, 0.6) is 11.5 Å². The van der Waals surface area contributed by atoms with Crippen molar-refractivity contribution in [2.45, 2.75) is 59.0 Å². The highest BCUT2D eigenvalue weighted by Crippen LogP contribution is 2.47. The van der Waals surface area contributed by atoms with Gasteiger partial charge in [0.2, 0.25) is 12.7 Å². The summed E-state index contributed by atoms with van der Waals surface area (Å²) < 4.78 is 16.6. The minimum atomic E-state index is -0.802. The number of fused-ring (bicyclic) bond motifs is 2. The van der Waals surface area contributed by atoms with Crippen molar-refractivity contribution in [3.05, 3.63) is 35.0 Å². The highest BCUT2D eigenvalue weighted by Gasteiger charge is 2.50. The highest BCUT2D eigenvalue weighted by atomic mass is 16.7. The van der Waals surface area contributed by atoms with Crippen LogP contribution in [0.25, 0.3) is 0 Å². The average molecular weight is 385 g/mol. The van der Waals surface area contributed by atoms with Crippen molar-refractivity contribution in [2.75, 3.05) is 13.3 Å². The standard InChI is InChI=1S/C22H27NO5/c1-21(2,3)28-20(25)22(4)9-7-18(24)23-10-8-15(19(22)23)11-14-5-6-16-17(12-14)27-13-26-16/h5-6,12H,7-11,13H2,1-4H3. The second-order valence-electron chi connectivity index (χ2n) is 8.95. The first-order valence-corrected chi connectivity index (χ1v) is 9.82. The Hall–Kier alpha value is -2.50. The zero-order valence-electron chi connectivity index (χ0n) is 17.0. The summed E-state index contributed by atoms with van der Waals surface area (Å²) in [6, 6.07) is 5.90. The molecule has 1 amide bonds. The fourth-order valence-corrected chi connectivity index (χ4v) is 4.27. The van der Waals surface area contributed by atoms with Crippen molar-refractivity contribution < 1.29 is 23.8 Å². The van der Waals surface area contributed by atoms with Crippen LogP contribution in [0.2, 0.25) is 0 Å². The number of hydrogen-bond acceptors (Lipinski definition) is 5. The van der Waals surface area contributed by atoms with Crippen LogP contribution in [-0.4, -0.2) is 35.7 Å². The Balaban J connectivity index is 1.69. The van der Waals surface area contributed by atoms with E-state index in [0.29, 0.717) is 25.8 Å². The monoisotopic (exact) mass is 385 g/mol. The Bertz CT molecular complexity index is 866. The maximum absolute atomic E-state index is 13.1. The first-order valence-electron chi connectivity index (χ1n) is 9.82. The molecule has 1 aromatic rings. The number of hydrogen-bond donors (Lipinski definition) is 0. The van der Waals surface area contributed by atoms with Crippen molar-refractivity contribution in [1.29, 1.82) is 0 Å². The van der Waals surface area contributed by atoms with E-state index in [9.17, 15) is 9.59 Å². The molecule has 0 aliphatic carbocycles. The van der Waals surface area contributed by atoms with Crippen molar-refractivity contribution in [1.82, 2.24) is 4.90 Å². The molecule has 3 aliphatic heterocycles. The smallest absolute Gasteiger partial charge is 0.318 e. The van der Waals surface area contributed by atoms with Gasteiger partial charge >= 0.3 is 5.97 Å². The number of benzene rings is 1. The van der Waals surface area contributed by atoms with Gasteiger partial charge in [0.1, 0.15) is 11.0 Å². The molecular formula is C22H27NO5. The van der Waals surface area contributed by atoms with E-state index in [-0.39, 0.29) is 18.7 Å². The van der Waals surface area contributed by atoms with E-state index in [1.807, 2.05) is 45.9 Å². The number of amides is 1. The second-order valence-corrected chi connectivity index (χ2v) is 8.95. The van der Waals surface area contributed by atoms with Crippen LogP contribution in [0.1, 0.15) is 52.5 Å². The Labute approximate surface area is 165 Å². The number of esters is 1. The van der Waals surface area contributed by atoms with Gasteiger partial charge < -0.3 is 19.1 Å². The predicted octanol–water partition coefficient (Wildman–Crippen LogP) is 3.59. The van der Waals surface area contributed by atoms with Crippen LogP contribution in [-0.2, 0) is 20.7 Å². The minimum absolute atomic E-state index is 0.0942. The molecule has 28 heavy (non-hydrogen) atoms. The first-order chi connectivity index (χ1) is 13.2. The van der Waals surface area contributed by atoms with Crippen LogP contribution < -0.4 is 9.47 Å². The van der Waals surface area contributed by atoms with E-state index >= 15 is 0 Å². The molecule has 0 bridgehead atoms. The van der Waals surface area contributed by atoms with Crippen LogP contribution in [0.15, 0.2) is 29.5 Å². The zero-order chi connectivity index (χ0) is 20.1. The summed E-state index contributed by atoms with van der Waals surface area (Å²) in [4.78, 5) is 27.4. The molecule has 6 heteroatoms. The molecule has 3 aliphatic rings. The number of carbonyl (C=O) groups excluding carboxylic acids is 2. The lowest BCUT2D eigenvalue weighted by molar-refractivity contribution is -0.167. The molecule has 0 radical (unpaired) electrons. The normalized spacial score (nSPS) is 23.9. The second kappa shape index (κ2) is 6.54. The van der Waals surface area contributed by atoms with E-state index in [1.165, 1.54) is 0 Å². The number of nitrogens with zero attached hydrogens (tertiary/aromatic N) is 1. The van der Waals surface area contributed by atoms with Crippen LogP contribution in [0.4, 0.5) is 0 Å². The van der Waals surface area contributed by atoms with E-state index in [1.54, 1.807) is 4.90 Å². The molecule has 150 valence electrons. The van der Waals surface area contributed by atoms with Gasteiger partial charge in [-0.25, -0.2) is 0 Å². The topological polar surface area (TPSA) is 65.1 Å². The Morgan fingerprint density at radius 2 is 1.96 bits per heavy atom. The van der Waals surface area contributed by atoms with E-state index < -0.39 is 11.0 Å². The van der Waals surface area contributed by atoms with Gasteiger partial charge in [-0.1, -0.05) is 6.07 Å². The van der Waals surface area contributed by atoms with Gasteiger partial charge in [0.05, 0.1) is 0 Å². The molecule has 0 saturated carbocycles. The van der Waals surface area contributed by atoms with Gasteiger partial charge in [0.25, 0.3) is 0 Å². The molecule has 4 rings (SSSR count). The highest BCUT2D eigenvalue weighted by molar-refractivity contribution is 5.89. The third-order valence-corrected chi connectivity index (χ3v) is 5.61. The maximum atomic E-state index is 13.1. The summed E-state index contributed by atoms with van der Waals surface area (Å²) in [5.41, 5.74) is 1.68. The summed E-state index contributed by atoms with van der Waals surface area (Å²) in [6.45, 7) is 8.41. The number of ether oxygens (including phenoxy) is 3. The van der Waals surface area contributed by atoms with E-state index in [2.05, 4.69) is 0 Å². The average Bonchev–Trinajstić information content (AvgIpc) is 3.24. The summed E-state index contributed by atoms with van der Waals surface area (Å²) in [5.74, 6) is 1.34. The van der Waals surface area contributed by atoms with E-state index in [0.717, 1.165) is 34.8 Å². The Kier molecular flexibility index (Phi) is 4.40. The quantitative estimate of drug-likeness (QED) is 0.744. The molecular weight excluding hydrogens is 358 g/mol. The summed E-state index contributed by atoms with van der Waals surface area (Å²) in [5, 5.41) is 0. The molecule has 0 N–H and O–H groups in total. The molecule has 1 fully saturated rings. The molecule has 0 spiro atoms. The number of piperidine rings is 1. The maximum Gasteiger partial charge on any atom is 0.318 e. The SMILES string of the molecule is CC(C)(C)OC(=O)C1(C)CCC(=O)N2CCC(Cc3ccc4c(c3)OCO4)=C21. The molecule has 0 aromatic heterocycles. The lowest BCUT2D eigenvalue weighted by Crippen LogP contribution is -2.47. The summed E-state index contributed by atoms with van der Waals surface area (Å²) in [6.07, 6.45) is 2.30. The fourth-order valence-electron chi connectivity index (χ4n) is 4.27. The third kappa shape index (κ3) is 3.25. The van der Waals surface area contributed by atoms with Crippen LogP contribution in [0.3, 0.4) is 0 Å². The van der Waals surface area contributed by atoms with Gasteiger partial charge in [-0.05, 0) is 70.2 Å². The van der Waals surface area contributed by atoms with Crippen molar-refractivity contribution in [3.8, 4) is 11.5 Å². The Morgan fingerprint density at radius 3 is 2.71 bits per heavy atom. The molecule has 1 atom stereocenters. The van der Waals surface area contributed by atoms with Crippen molar-refractivity contribution >= 4 is 11.9 Å². The predicted molar refractivity (Wildman–Crippen MR) is 103 cm³/mol. The van der Waals surface area contributed by atoms with Crippen LogP contribution >= 0.6 is 0 Å². The molecule has 3 heterocycles. The zero-order valence-corrected chi connectivity index (χ0v) is 17.0.